The number of ketones is 1. The van der Waals surface area contributed by atoms with Gasteiger partial charge in [-0.2, -0.15) is 0 Å². The fourth-order valence-electron chi connectivity index (χ4n) is 2.87. The summed E-state index contributed by atoms with van der Waals surface area (Å²) in [6, 6.07) is 7.12. The monoisotopic (exact) mass is 374 g/mol. The molecule has 0 spiro atoms. The van der Waals surface area contributed by atoms with Crippen molar-refractivity contribution in [2.24, 2.45) is 0 Å². The van der Waals surface area contributed by atoms with E-state index in [9.17, 15) is 19.2 Å². The zero-order chi connectivity index (χ0) is 19.8. The summed E-state index contributed by atoms with van der Waals surface area (Å²) >= 11 is 0. The van der Waals surface area contributed by atoms with Crippen LogP contribution < -0.4 is 0 Å². The highest BCUT2D eigenvalue weighted by molar-refractivity contribution is 6.01. The average Bonchev–Trinajstić information content (AvgIpc) is 2.96. The Balaban J connectivity index is 1.80. The number of hydrogen-bond acceptors (Lipinski definition) is 6. The van der Waals surface area contributed by atoms with E-state index in [4.69, 9.17) is 4.84 Å². The highest BCUT2D eigenvalue weighted by Gasteiger charge is 2.32. The molecule has 2 rings (SSSR count). The van der Waals surface area contributed by atoms with Crippen LogP contribution in [-0.2, 0) is 36.9 Å². The smallest absolute Gasteiger partial charge is 0.330 e. The number of hydrogen-bond donors (Lipinski definition) is 0. The summed E-state index contributed by atoms with van der Waals surface area (Å²) in [5, 5.41) is 0.547. The van der Waals surface area contributed by atoms with Crippen molar-refractivity contribution in [3.05, 3.63) is 35.4 Å². The van der Waals surface area contributed by atoms with Crippen LogP contribution in [0.1, 0.15) is 44.2 Å². The van der Waals surface area contributed by atoms with Crippen LogP contribution in [0.2, 0.25) is 0 Å². The molecule has 0 aromatic heterocycles. The lowest BCUT2D eigenvalue weighted by atomic mass is 10.0. The third kappa shape index (κ3) is 6.29. The van der Waals surface area contributed by atoms with Crippen LogP contribution in [0.4, 0.5) is 0 Å². The maximum atomic E-state index is 12.1. The van der Waals surface area contributed by atoms with Crippen molar-refractivity contribution in [1.82, 2.24) is 9.96 Å². The topological polar surface area (TPSA) is 84.0 Å². The van der Waals surface area contributed by atoms with Crippen LogP contribution in [-0.4, -0.2) is 53.2 Å². The largest absolute Gasteiger partial charge is 0.337 e. The zero-order valence-corrected chi connectivity index (χ0v) is 15.9. The minimum Gasteiger partial charge on any atom is -0.330 e. The Morgan fingerprint density at radius 1 is 0.963 bits per heavy atom. The van der Waals surface area contributed by atoms with Gasteiger partial charge in [0.05, 0.1) is 6.42 Å². The summed E-state index contributed by atoms with van der Waals surface area (Å²) < 4.78 is 0. The fraction of sp³-hybridized carbons (Fsp3) is 0.500. The van der Waals surface area contributed by atoms with E-state index < -0.39 is 17.8 Å². The minimum atomic E-state index is -0.665. The highest BCUT2D eigenvalue weighted by Crippen LogP contribution is 2.14. The van der Waals surface area contributed by atoms with E-state index in [1.165, 1.54) is 0 Å². The number of Topliss-reactive ketones (excluding diaryl/α,β-unsaturated/α-hetero) is 1. The predicted octanol–water partition coefficient (Wildman–Crippen LogP) is 1.68. The number of imide groups is 1. The van der Waals surface area contributed by atoms with Gasteiger partial charge in [-0.25, -0.2) is 4.79 Å². The maximum Gasteiger partial charge on any atom is 0.337 e. The van der Waals surface area contributed by atoms with Gasteiger partial charge in [-0.15, -0.1) is 5.06 Å². The molecule has 7 nitrogen and oxygen atoms in total. The molecule has 0 saturated carbocycles. The molecule has 1 aromatic rings. The normalized spacial score (nSPS) is 14.1. The van der Waals surface area contributed by atoms with Gasteiger partial charge in [-0.1, -0.05) is 38.1 Å². The fourth-order valence-corrected chi connectivity index (χ4v) is 2.87. The minimum absolute atomic E-state index is 0.0484. The van der Waals surface area contributed by atoms with Crippen LogP contribution >= 0.6 is 0 Å². The second-order valence-corrected chi connectivity index (χ2v) is 6.53. The molecule has 1 heterocycles. The van der Waals surface area contributed by atoms with Crippen LogP contribution in [0.25, 0.3) is 0 Å². The molecule has 1 fully saturated rings. The summed E-state index contributed by atoms with van der Waals surface area (Å²) in [6.45, 7) is 6.79. The molecular weight excluding hydrogens is 348 g/mol. The molecule has 1 aliphatic heterocycles. The molecule has 1 aromatic carbocycles. The van der Waals surface area contributed by atoms with E-state index in [0.717, 1.165) is 25.2 Å². The van der Waals surface area contributed by atoms with Gasteiger partial charge >= 0.3 is 5.97 Å². The Morgan fingerprint density at radius 3 is 2.00 bits per heavy atom. The van der Waals surface area contributed by atoms with Gasteiger partial charge in [0, 0.05) is 32.2 Å². The summed E-state index contributed by atoms with van der Waals surface area (Å²) in [5.74, 6) is -1.47. The third-order valence-electron chi connectivity index (χ3n) is 4.57. The first-order chi connectivity index (χ1) is 12.9. The lowest BCUT2D eigenvalue weighted by molar-refractivity contribution is -0.197. The molecule has 2 amide bonds. The Labute approximate surface area is 159 Å². The van der Waals surface area contributed by atoms with Crippen LogP contribution in [0, 0.1) is 0 Å². The first-order valence-electron chi connectivity index (χ1n) is 9.31. The van der Waals surface area contributed by atoms with Crippen molar-refractivity contribution in [3.8, 4) is 0 Å². The van der Waals surface area contributed by atoms with E-state index in [1.807, 2.05) is 12.1 Å². The van der Waals surface area contributed by atoms with Gasteiger partial charge in [0.15, 0.2) is 0 Å². The van der Waals surface area contributed by atoms with Gasteiger partial charge in [0.1, 0.15) is 5.78 Å². The van der Waals surface area contributed by atoms with Gasteiger partial charge in [0.25, 0.3) is 11.8 Å². The number of nitrogens with zero attached hydrogens (tertiary/aromatic N) is 2. The summed E-state index contributed by atoms with van der Waals surface area (Å²) in [6.07, 6.45) is 0.982. The SMILES string of the molecule is CCN(CC)CCC(=O)Cc1ccc(CC(=O)ON2C(=O)CCC2=O)cc1. The van der Waals surface area contributed by atoms with Crippen molar-refractivity contribution < 1.29 is 24.0 Å². The maximum absolute atomic E-state index is 12.1. The second kappa shape index (κ2) is 9.97. The van der Waals surface area contributed by atoms with Crippen molar-refractivity contribution in [3.63, 3.8) is 0 Å². The first kappa shape index (κ1) is 20.8. The highest BCUT2D eigenvalue weighted by atomic mass is 16.7. The zero-order valence-electron chi connectivity index (χ0n) is 15.9. The molecule has 0 radical (unpaired) electrons. The van der Waals surface area contributed by atoms with Crippen molar-refractivity contribution in [2.45, 2.75) is 46.0 Å². The quantitative estimate of drug-likeness (QED) is 0.580. The van der Waals surface area contributed by atoms with Gasteiger partial charge in [0.2, 0.25) is 0 Å². The molecule has 0 atom stereocenters. The summed E-state index contributed by atoms with van der Waals surface area (Å²) in [4.78, 5) is 53.9. The second-order valence-electron chi connectivity index (χ2n) is 6.53. The molecule has 7 heteroatoms. The van der Waals surface area contributed by atoms with E-state index in [2.05, 4.69) is 18.7 Å². The standard InChI is InChI=1S/C20H26N2O5/c1-3-21(4-2)12-11-17(23)13-15-5-7-16(8-6-15)14-20(26)27-22-18(24)9-10-19(22)25/h5-8H,3-4,9-14H2,1-2H3. The Morgan fingerprint density at radius 2 is 1.48 bits per heavy atom. The van der Waals surface area contributed by atoms with E-state index in [0.29, 0.717) is 23.5 Å². The number of benzene rings is 1. The van der Waals surface area contributed by atoms with E-state index >= 15 is 0 Å². The molecule has 0 unspecified atom stereocenters. The van der Waals surface area contributed by atoms with Gasteiger partial charge in [-0.3, -0.25) is 14.4 Å². The molecule has 0 aliphatic carbocycles. The average molecular weight is 374 g/mol. The van der Waals surface area contributed by atoms with Crippen molar-refractivity contribution >= 4 is 23.6 Å². The van der Waals surface area contributed by atoms with E-state index in [1.54, 1.807) is 12.1 Å². The van der Waals surface area contributed by atoms with Crippen molar-refractivity contribution in [1.29, 1.82) is 0 Å². The number of rotatable bonds is 10. The molecule has 1 saturated heterocycles. The summed E-state index contributed by atoms with van der Waals surface area (Å²) in [5.41, 5.74) is 1.58. The molecular formula is C20H26N2O5. The lowest BCUT2D eigenvalue weighted by Crippen LogP contribution is -2.32. The Bertz CT molecular complexity index is 679. The predicted molar refractivity (Wildman–Crippen MR) is 98.4 cm³/mol. The molecule has 27 heavy (non-hydrogen) atoms. The molecule has 1 aliphatic rings. The lowest BCUT2D eigenvalue weighted by Gasteiger charge is -2.17. The Kier molecular flexibility index (Phi) is 7.67. The Hall–Kier alpha value is -2.54. The number of carbonyl (C=O) groups excluding carboxylic acids is 4. The summed E-state index contributed by atoms with van der Waals surface area (Å²) in [7, 11) is 0. The van der Waals surface area contributed by atoms with Crippen LogP contribution in [0.3, 0.4) is 0 Å². The molecule has 0 N–H and O–H groups in total. The van der Waals surface area contributed by atoms with Gasteiger partial charge in [-0.05, 0) is 24.2 Å². The van der Waals surface area contributed by atoms with Gasteiger partial charge < -0.3 is 9.74 Å². The van der Waals surface area contributed by atoms with E-state index in [-0.39, 0.29) is 25.0 Å². The number of amides is 2. The molecule has 0 bridgehead atoms. The van der Waals surface area contributed by atoms with Crippen molar-refractivity contribution in [2.75, 3.05) is 19.6 Å². The van der Waals surface area contributed by atoms with Crippen LogP contribution in [0.5, 0.6) is 0 Å². The number of hydroxylamine groups is 2. The first-order valence-corrected chi connectivity index (χ1v) is 9.31. The number of carbonyl (C=O) groups is 4. The van der Waals surface area contributed by atoms with Crippen LogP contribution in [0.15, 0.2) is 24.3 Å². The molecule has 146 valence electrons. The third-order valence-corrected chi connectivity index (χ3v) is 4.57.